The largest absolute Gasteiger partial charge is 0.381 e. The van der Waals surface area contributed by atoms with E-state index in [2.05, 4.69) is 26.2 Å². The molecule has 0 unspecified atom stereocenters. The Bertz CT molecular complexity index is 369. The van der Waals surface area contributed by atoms with Crippen LogP contribution in [0.4, 0.5) is 5.69 Å². The van der Waals surface area contributed by atoms with Crippen LogP contribution < -0.4 is 5.32 Å². The van der Waals surface area contributed by atoms with Crippen LogP contribution in [0.3, 0.4) is 0 Å². The quantitative estimate of drug-likeness (QED) is 0.865. The molecule has 1 N–H and O–H groups in total. The molecule has 16 heavy (non-hydrogen) atoms. The van der Waals surface area contributed by atoms with Gasteiger partial charge in [0.05, 0.1) is 22.5 Å². The van der Waals surface area contributed by atoms with Crippen molar-refractivity contribution in [3.8, 4) is 0 Å². The number of nitrogens with one attached hydrogen (secondary N) is 1. The van der Waals surface area contributed by atoms with Crippen molar-refractivity contribution in [2.45, 2.75) is 31.9 Å². The van der Waals surface area contributed by atoms with E-state index in [0.29, 0.717) is 17.3 Å². The third-order valence-corrected chi connectivity index (χ3v) is 3.80. The molecular weight excluding hydrogens is 291 g/mol. The van der Waals surface area contributed by atoms with Gasteiger partial charge in [0.2, 0.25) is 0 Å². The van der Waals surface area contributed by atoms with Gasteiger partial charge in [0.1, 0.15) is 5.15 Å². The van der Waals surface area contributed by atoms with Crippen molar-refractivity contribution in [1.82, 2.24) is 4.98 Å². The van der Waals surface area contributed by atoms with Gasteiger partial charge in [-0.1, -0.05) is 11.6 Å². The number of hydrogen-bond donors (Lipinski definition) is 1. The zero-order chi connectivity index (χ0) is 11.5. The highest BCUT2D eigenvalue weighted by Crippen LogP contribution is 2.29. The van der Waals surface area contributed by atoms with Gasteiger partial charge in [-0.25, -0.2) is 4.98 Å². The van der Waals surface area contributed by atoms with Crippen molar-refractivity contribution in [3.63, 3.8) is 0 Å². The monoisotopic (exact) mass is 304 g/mol. The van der Waals surface area contributed by atoms with Gasteiger partial charge in [0.25, 0.3) is 0 Å². The summed E-state index contributed by atoms with van der Waals surface area (Å²) < 4.78 is 6.32. The number of halogens is 2. The minimum atomic E-state index is 0.422. The standard InChI is InChI=1S/C11H14BrClN2O/c1-2-16-9-3-7(4-9)15-8-5-10(12)11(13)14-6-8/h5-7,9,15H,2-4H2,1H3. The SMILES string of the molecule is CCOC1CC(Nc2cnc(Cl)c(Br)c2)C1. The molecule has 1 heterocycles. The summed E-state index contributed by atoms with van der Waals surface area (Å²) in [7, 11) is 0. The lowest BCUT2D eigenvalue weighted by molar-refractivity contribution is 0.00299. The summed E-state index contributed by atoms with van der Waals surface area (Å²) in [5.41, 5.74) is 0.997. The van der Waals surface area contributed by atoms with Crippen molar-refractivity contribution in [1.29, 1.82) is 0 Å². The maximum Gasteiger partial charge on any atom is 0.143 e. The molecule has 5 heteroatoms. The third-order valence-electron chi connectivity index (χ3n) is 2.66. The lowest BCUT2D eigenvalue weighted by atomic mass is 9.89. The first-order chi connectivity index (χ1) is 7.69. The number of pyridine rings is 1. The zero-order valence-electron chi connectivity index (χ0n) is 9.04. The normalized spacial score (nSPS) is 23.9. The molecule has 1 aliphatic carbocycles. The average Bonchev–Trinajstić information content (AvgIpc) is 2.20. The molecule has 1 aromatic rings. The van der Waals surface area contributed by atoms with Crippen LogP contribution in [-0.4, -0.2) is 23.7 Å². The van der Waals surface area contributed by atoms with Gasteiger partial charge in [-0.2, -0.15) is 0 Å². The van der Waals surface area contributed by atoms with E-state index in [0.717, 1.165) is 29.6 Å². The van der Waals surface area contributed by atoms with Crippen molar-refractivity contribution < 1.29 is 4.74 Å². The van der Waals surface area contributed by atoms with Crippen LogP contribution in [0.25, 0.3) is 0 Å². The average molecular weight is 306 g/mol. The zero-order valence-corrected chi connectivity index (χ0v) is 11.4. The van der Waals surface area contributed by atoms with Gasteiger partial charge in [-0.15, -0.1) is 0 Å². The predicted molar refractivity (Wildman–Crippen MR) is 69.0 cm³/mol. The van der Waals surface area contributed by atoms with Crippen molar-refractivity contribution >= 4 is 33.2 Å². The summed E-state index contributed by atoms with van der Waals surface area (Å²) in [5.74, 6) is 0. The summed E-state index contributed by atoms with van der Waals surface area (Å²) in [6.07, 6.45) is 4.30. The first-order valence-corrected chi connectivity index (χ1v) is 6.55. The molecule has 1 aliphatic rings. The molecule has 0 atom stereocenters. The summed E-state index contributed by atoms with van der Waals surface area (Å²) in [6, 6.07) is 2.44. The molecule has 1 fully saturated rings. The molecule has 1 aromatic heterocycles. The van der Waals surface area contributed by atoms with E-state index in [-0.39, 0.29) is 0 Å². The Labute approximate surface area is 109 Å². The second kappa shape index (κ2) is 5.34. The number of aromatic nitrogens is 1. The molecule has 0 aromatic carbocycles. The van der Waals surface area contributed by atoms with Crippen LogP contribution in [0, 0.1) is 0 Å². The van der Waals surface area contributed by atoms with Gasteiger partial charge in [0, 0.05) is 12.6 Å². The van der Waals surface area contributed by atoms with Crippen LogP contribution in [0.15, 0.2) is 16.7 Å². The first-order valence-electron chi connectivity index (χ1n) is 5.38. The van der Waals surface area contributed by atoms with E-state index >= 15 is 0 Å². The van der Waals surface area contributed by atoms with E-state index in [4.69, 9.17) is 16.3 Å². The van der Waals surface area contributed by atoms with Crippen LogP contribution in [0.1, 0.15) is 19.8 Å². The maximum absolute atomic E-state index is 5.82. The molecule has 2 rings (SSSR count). The molecule has 3 nitrogen and oxygen atoms in total. The first kappa shape index (κ1) is 12.1. The van der Waals surface area contributed by atoms with Crippen LogP contribution in [0.2, 0.25) is 5.15 Å². The Morgan fingerprint density at radius 1 is 1.62 bits per heavy atom. The van der Waals surface area contributed by atoms with Crippen LogP contribution >= 0.6 is 27.5 Å². The van der Waals surface area contributed by atoms with Gasteiger partial charge in [0.15, 0.2) is 0 Å². The predicted octanol–water partition coefficient (Wildman–Crippen LogP) is 3.48. The minimum absolute atomic E-state index is 0.422. The van der Waals surface area contributed by atoms with Gasteiger partial charge >= 0.3 is 0 Å². The molecule has 88 valence electrons. The van der Waals surface area contributed by atoms with E-state index in [1.165, 1.54) is 0 Å². The number of ether oxygens (including phenoxy) is 1. The fourth-order valence-electron chi connectivity index (χ4n) is 1.79. The molecular formula is C11H14BrClN2O. The fraction of sp³-hybridized carbons (Fsp3) is 0.545. The summed E-state index contributed by atoms with van der Waals surface area (Å²) in [6.45, 7) is 2.83. The molecule has 0 saturated heterocycles. The highest BCUT2D eigenvalue weighted by Gasteiger charge is 2.29. The summed E-state index contributed by atoms with van der Waals surface area (Å²) in [4.78, 5) is 4.07. The Morgan fingerprint density at radius 2 is 2.38 bits per heavy atom. The van der Waals surface area contributed by atoms with Crippen molar-refractivity contribution in [2.24, 2.45) is 0 Å². The second-order valence-electron chi connectivity index (χ2n) is 3.89. The molecule has 1 saturated carbocycles. The lowest BCUT2D eigenvalue weighted by Crippen LogP contribution is -2.40. The van der Waals surface area contributed by atoms with E-state index in [9.17, 15) is 0 Å². The lowest BCUT2D eigenvalue weighted by Gasteiger charge is -2.35. The summed E-state index contributed by atoms with van der Waals surface area (Å²) in [5, 5.41) is 3.90. The maximum atomic E-state index is 5.82. The third kappa shape index (κ3) is 2.87. The number of nitrogens with zero attached hydrogens (tertiary/aromatic N) is 1. The fourth-order valence-corrected chi connectivity index (χ4v) is 2.24. The molecule has 0 spiro atoms. The van der Waals surface area contributed by atoms with Crippen molar-refractivity contribution in [3.05, 3.63) is 21.9 Å². The number of hydrogen-bond acceptors (Lipinski definition) is 3. The Morgan fingerprint density at radius 3 is 3.00 bits per heavy atom. The van der Waals surface area contributed by atoms with Gasteiger partial charge in [-0.3, -0.25) is 0 Å². The molecule has 0 aliphatic heterocycles. The summed E-state index contributed by atoms with van der Waals surface area (Å²) >= 11 is 9.18. The van der Waals surface area contributed by atoms with Gasteiger partial charge < -0.3 is 10.1 Å². The molecule has 0 amide bonds. The molecule has 0 radical (unpaired) electrons. The van der Waals surface area contributed by atoms with Crippen molar-refractivity contribution in [2.75, 3.05) is 11.9 Å². The second-order valence-corrected chi connectivity index (χ2v) is 5.10. The van der Waals surface area contributed by atoms with Crippen LogP contribution in [-0.2, 0) is 4.74 Å². The smallest absolute Gasteiger partial charge is 0.143 e. The highest BCUT2D eigenvalue weighted by molar-refractivity contribution is 9.10. The van der Waals surface area contributed by atoms with E-state index < -0.39 is 0 Å². The van der Waals surface area contributed by atoms with E-state index in [1.54, 1.807) is 6.20 Å². The molecule has 0 bridgehead atoms. The Kier molecular flexibility index (Phi) is 4.05. The van der Waals surface area contributed by atoms with E-state index in [1.807, 2.05) is 13.0 Å². The number of anilines is 1. The Balaban J connectivity index is 1.84. The van der Waals surface area contributed by atoms with Gasteiger partial charge in [-0.05, 0) is 41.8 Å². The number of rotatable bonds is 4. The Hall–Kier alpha value is -0.320. The minimum Gasteiger partial charge on any atom is -0.381 e. The topological polar surface area (TPSA) is 34.1 Å². The highest BCUT2D eigenvalue weighted by atomic mass is 79.9. The van der Waals surface area contributed by atoms with Crippen LogP contribution in [0.5, 0.6) is 0 Å².